The van der Waals surface area contributed by atoms with Crippen molar-refractivity contribution < 1.29 is 9.53 Å². The van der Waals surface area contributed by atoms with Crippen LogP contribution in [0, 0.1) is 5.92 Å². The maximum Gasteiger partial charge on any atom is 0.273 e. The minimum atomic E-state index is -0.169. The summed E-state index contributed by atoms with van der Waals surface area (Å²) in [5.74, 6) is 0.324. The van der Waals surface area contributed by atoms with Crippen LogP contribution in [0.3, 0.4) is 0 Å². The minimum Gasteiger partial charge on any atom is -0.381 e. The lowest BCUT2D eigenvalue weighted by molar-refractivity contribution is 0.0537. The van der Waals surface area contributed by atoms with Crippen LogP contribution in [-0.2, 0) is 10.3 Å². The summed E-state index contributed by atoms with van der Waals surface area (Å²) >= 11 is 0. The van der Waals surface area contributed by atoms with Gasteiger partial charge < -0.3 is 10.1 Å². The number of ether oxygens (including phenoxy) is 1. The van der Waals surface area contributed by atoms with Gasteiger partial charge in [0.1, 0.15) is 0 Å². The molecule has 0 radical (unpaired) electrons. The van der Waals surface area contributed by atoms with Crippen molar-refractivity contribution in [3.05, 3.63) is 11.9 Å². The molecule has 1 saturated heterocycles. The maximum atomic E-state index is 12.2. The fourth-order valence-electron chi connectivity index (χ4n) is 2.31. The van der Waals surface area contributed by atoms with Gasteiger partial charge in [-0.05, 0) is 46.5 Å². The van der Waals surface area contributed by atoms with Crippen molar-refractivity contribution in [2.75, 3.05) is 13.2 Å². The van der Waals surface area contributed by atoms with Crippen LogP contribution in [0.4, 0.5) is 0 Å². The molecule has 2 heterocycles. The second kappa shape index (κ2) is 5.91. The van der Waals surface area contributed by atoms with E-state index in [9.17, 15) is 4.79 Å². The van der Waals surface area contributed by atoms with Crippen molar-refractivity contribution in [3.63, 3.8) is 0 Å². The van der Waals surface area contributed by atoms with Crippen molar-refractivity contribution in [2.45, 2.75) is 52.1 Å². The predicted molar refractivity (Wildman–Crippen MR) is 75.5 cm³/mol. The van der Waals surface area contributed by atoms with Gasteiger partial charge in [0.2, 0.25) is 0 Å². The molecular formula is C14H24N4O2. The Morgan fingerprint density at radius 3 is 2.65 bits per heavy atom. The van der Waals surface area contributed by atoms with Gasteiger partial charge in [-0.3, -0.25) is 4.79 Å². The first-order chi connectivity index (χ1) is 9.38. The molecule has 6 nitrogen and oxygen atoms in total. The lowest BCUT2D eigenvalue weighted by atomic mass is 9.93. The third-order valence-electron chi connectivity index (χ3n) is 3.75. The highest BCUT2D eigenvalue weighted by Gasteiger charge is 2.24. The number of hydrogen-bond acceptors (Lipinski definition) is 4. The van der Waals surface area contributed by atoms with Crippen molar-refractivity contribution >= 4 is 5.91 Å². The standard InChI is InChI=1S/C14H24N4O2/c1-10(11-5-7-20-8-6-11)15-13(19)12-9-18(17-16-12)14(2,3)4/h9-11H,5-8H2,1-4H3,(H,15,19). The Balaban J connectivity index is 1.95. The molecule has 20 heavy (non-hydrogen) atoms. The summed E-state index contributed by atoms with van der Waals surface area (Å²) < 4.78 is 7.05. The molecule has 1 aromatic rings. The van der Waals surface area contributed by atoms with Crippen molar-refractivity contribution in [1.82, 2.24) is 20.3 Å². The number of hydrogen-bond donors (Lipinski definition) is 1. The van der Waals surface area contributed by atoms with E-state index in [2.05, 4.69) is 15.6 Å². The van der Waals surface area contributed by atoms with Gasteiger partial charge >= 0.3 is 0 Å². The fourth-order valence-corrected chi connectivity index (χ4v) is 2.31. The molecular weight excluding hydrogens is 256 g/mol. The van der Waals surface area contributed by atoms with Crippen LogP contribution in [0.1, 0.15) is 51.0 Å². The summed E-state index contributed by atoms with van der Waals surface area (Å²) in [6.45, 7) is 9.67. The van der Waals surface area contributed by atoms with Gasteiger partial charge in [0.15, 0.2) is 5.69 Å². The third-order valence-corrected chi connectivity index (χ3v) is 3.75. The topological polar surface area (TPSA) is 69.0 Å². The Morgan fingerprint density at radius 2 is 2.10 bits per heavy atom. The Hall–Kier alpha value is -1.43. The first-order valence-corrected chi connectivity index (χ1v) is 7.19. The van der Waals surface area contributed by atoms with E-state index in [4.69, 9.17) is 4.74 Å². The van der Waals surface area contributed by atoms with E-state index >= 15 is 0 Å². The number of carbonyl (C=O) groups is 1. The molecule has 1 amide bonds. The van der Waals surface area contributed by atoms with E-state index in [1.807, 2.05) is 27.7 Å². The molecule has 1 fully saturated rings. The van der Waals surface area contributed by atoms with E-state index in [0.29, 0.717) is 11.6 Å². The summed E-state index contributed by atoms with van der Waals surface area (Å²) in [6, 6.07) is 0.131. The average molecular weight is 280 g/mol. The zero-order valence-corrected chi connectivity index (χ0v) is 12.7. The number of amides is 1. The second-order valence-electron chi connectivity index (χ2n) is 6.43. The number of rotatable bonds is 3. The van der Waals surface area contributed by atoms with Gasteiger partial charge in [0.05, 0.1) is 11.7 Å². The second-order valence-corrected chi connectivity index (χ2v) is 6.43. The predicted octanol–water partition coefficient (Wildman–Crippen LogP) is 1.58. The van der Waals surface area contributed by atoms with Gasteiger partial charge in [-0.15, -0.1) is 5.10 Å². The van der Waals surface area contributed by atoms with Crippen LogP contribution in [0.5, 0.6) is 0 Å². The Kier molecular flexibility index (Phi) is 4.42. The maximum absolute atomic E-state index is 12.2. The van der Waals surface area contributed by atoms with Crippen LogP contribution in [0.2, 0.25) is 0 Å². The fraction of sp³-hybridized carbons (Fsp3) is 0.786. The lowest BCUT2D eigenvalue weighted by Crippen LogP contribution is -2.40. The molecule has 0 spiro atoms. The summed E-state index contributed by atoms with van der Waals surface area (Å²) in [4.78, 5) is 12.2. The molecule has 0 aromatic carbocycles. The number of aromatic nitrogens is 3. The average Bonchev–Trinajstić information content (AvgIpc) is 2.89. The van der Waals surface area contributed by atoms with Gasteiger partial charge in [-0.2, -0.15) is 0 Å². The van der Waals surface area contributed by atoms with Gasteiger partial charge in [0.25, 0.3) is 5.91 Å². The monoisotopic (exact) mass is 280 g/mol. The van der Waals surface area contributed by atoms with E-state index in [1.54, 1.807) is 10.9 Å². The molecule has 1 unspecified atom stereocenters. The van der Waals surface area contributed by atoms with Gasteiger partial charge in [-0.25, -0.2) is 4.68 Å². The highest BCUT2D eigenvalue weighted by molar-refractivity contribution is 5.92. The van der Waals surface area contributed by atoms with Crippen LogP contribution in [-0.4, -0.2) is 40.2 Å². The zero-order chi connectivity index (χ0) is 14.8. The molecule has 112 valence electrons. The van der Waals surface area contributed by atoms with Crippen molar-refractivity contribution in [2.24, 2.45) is 5.92 Å². The van der Waals surface area contributed by atoms with Crippen LogP contribution in [0.25, 0.3) is 0 Å². The Labute approximate surface area is 119 Å². The quantitative estimate of drug-likeness (QED) is 0.912. The number of nitrogens with zero attached hydrogens (tertiary/aromatic N) is 3. The Morgan fingerprint density at radius 1 is 1.45 bits per heavy atom. The van der Waals surface area contributed by atoms with Crippen LogP contribution >= 0.6 is 0 Å². The van der Waals surface area contributed by atoms with Gasteiger partial charge in [-0.1, -0.05) is 5.21 Å². The van der Waals surface area contributed by atoms with E-state index < -0.39 is 0 Å². The van der Waals surface area contributed by atoms with E-state index in [-0.39, 0.29) is 17.5 Å². The molecule has 1 aliphatic heterocycles. The largest absolute Gasteiger partial charge is 0.381 e. The smallest absolute Gasteiger partial charge is 0.273 e. The number of nitrogens with one attached hydrogen (secondary N) is 1. The molecule has 0 aliphatic carbocycles. The molecule has 6 heteroatoms. The van der Waals surface area contributed by atoms with Crippen molar-refractivity contribution in [3.8, 4) is 0 Å². The Bertz CT molecular complexity index is 458. The number of carbonyl (C=O) groups excluding carboxylic acids is 1. The molecule has 1 aliphatic rings. The first kappa shape index (κ1) is 15.0. The molecule has 1 atom stereocenters. The highest BCUT2D eigenvalue weighted by atomic mass is 16.5. The molecule has 0 bridgehead atoms. The van der Waals surface area contributed by atoms with Crippen LogP contribution < -0.4 is 5.32 Å². The molecule has 1 aromatic heterocycles. The first-order valence-electron chi connectivity index (χ1n) is 7.19. The third kappa shape index (κ3) is 3.56. The molecule has 0 saturated carbocycles. The molecule has 2 rings (SSSR count). The summed E-state index contributed by atoms with van der Waals surface area (Å²) in [7, 11) is 0. The normalized spacial score (nSPS) is 18.8. The van der Waals surface area contributed by atoms with Crippen molar-refractivity contribution in [1.29, 1.82) is 0 Å². The van der Waals surface area contributed by atoms with Crippen LogP contribution in [0.15, 0.2) is 6.20 Å². The van der Waals surface area contributed by atoms with E-state index in [1.165, 1.54) is 0 Å². The minimum absolute atomic E-state index is 0.131. The SMILES string of the molecule is CC(NC(=O)c1cn(C(C)(C)C)nn1)C1CCOCC1. The van der Waals surface area contributed by atoms with Gasteiger partial charge in [0, 0.05) is 19.3 Å². The summed E-state index contributed by atoms with van der Waals surface area (Å²) in [5, 5.41) is 11.0. The summed E-state index contributed by atoms with van der Waals surface area (Å²) in [6.07, 6.45) is 3.69. The highest BCUT2D eigenvalue weighted by Crippen LogP contribution is 2.19. The zero-order valence-electron chi connectivity index (χ0n) is 12.7. The summed E-state index contributed by atoms with van der Waals surface area (Å²) in [5.41, 5.74) is 0.205. The lowest BCUT2D eigenvalue weighted by Gasteiger charge is -2.28. The molecule has 1 N–H and O–H groups in total. The van der Waals surface area contributed by atoms with E-state index in [0.717, 1.165) is 26.1 Å².